The van der Waals surface area contributed by atoms with Crippen LogP contribution in [0.3, 0.4) is 0 Å². The lowest BCUT2D eigenvalue weighted by molar-refractivity contribution is -0.137. The standard InChI is InChI=1S/C21H25F3N6S2/c1-14-26-13-17(31-14)19-16(21(22,23)24)12-27-20(29-19)28-15-7-10-30(11-8-15)32-18-6-4-2-3-5-9-25-18/h6,9,12-13,15H,2-5,7-8,10-11H2,1H3,(H,27,28,29)/b18-6+,25-9-. The molecule has 32 heavy (non-hydrogen) atoms. The molecule has 2 aromatic heterocycles. The molecule has 1 N–H and O–H groups in total. The second-order valence-electron chi connectivity index (χ2n) is 7.77. The number of nitrogens with zero attached hydrogens (tertiary/aromatic N) is 5. The summed E-state index contributed by atoms with van der Waals surface area (Å²) in [5.74, 6) is 0.220. The van der Waals surface area contributed by atoms with Crippen LogP contribution >= 0.6 is 23.3 Å². The second kappa shape index (κ2) is 10.3. The van der Waals surface area contributed by atoms with Gasteiger partial charge in [0.15, 0.2) is 0 Å². The summed E-state index contributed by atoms with van der Waals surface area (Å²) in [6.45, 7) is 3.47. The molecule has 2 aliphatic heterocycles. The van der Waals surface area contributed by atoms with Crippen LogP contribution in [0.4, 0.5) is 19.1 Å². The number of allylic oxidation sites excluding steroid dienone is 1. The Kier molecular flexibility index (Phi) is 7.47. The van der Waals surface area contributed by atoms with Gasteiger partial charge in [0.1, 0.15) is 10.6 Å². The van der Waals surface area contributed by atoms with E-state index in [-0.39, 0.29) is 17.7 Å². The van der Waals surface area contributed by atoms with Crippen LogP contribution in [0.2, 0.25) is 0 Å². The minimum absolute atomic E-state index is 0.106. The summed E-state index contributed by atoms with van der Waals surface area (Å²) < 4.78 is 42.7. The molecular weight excluding hydrogens is 457 g/mol. The lowest BCUT2D eigenvalue weighted by Gasteiger charge is -2.31. The first-order valence-corrected chi connectivity index (χ1v) is 12.3. The van der Waals surface area contributed by atoms with E-state index in [1.165, 1.54) is 30.4 Å². The Hall–Kier alpha value is -1.98. The van der Waals surface area contributed by atoms with E-state index in [1.807, 2.05) is 6.21 Å². The molecule has 1 fully saturated rings. The van der Waals surface area contributed by atoms with E-state index >= 15 is 0 Å². The van der Waals surface area contributed by atoms with Crippen molar-refractivity contribution in [3.8, 4) is 10.6 Å². The van der Waals surface area contributed by atoms with Crippen LogP contribution in [0.15, 0.2) is 28.5 Å². The van der Waals surface area contributed by atoms with Crippen molar-refractivity contribution in [2.75, 3.05) is 18.4 Å². The van der Waals surface area contributed by atoms with Crippen LogP contribution in [-0.2, 0) is 6.18 Å². The van der Waals surface area contributed by atoms with Gasteiger partial charge in [-0.15, -0.1) is 11.3 Å². The van der Waals surface area contributed by atoms with Crippen LogP contribution in [-0.4, -0.2) is 44.6 Å². The van der Waals surface area contributed by atoms with Crippen molar-refractivity contribution in [2.45, 2.75) is 57.7 Å². The van der Waals surface area contributed by atoms with Gasteiger partial charge in [-0.05, 0) is 57.4 Å². The molecule has 0 saturated carbocycles. The van der Waals surface area contributed by atoms with Crippen LogP contribution in [0, 0.1) is 6.92 Å². The molecule has 2 aliphatic rings. The Morgan fingerprint density at radius 1 is 1.12 bits per heavy atom. The molecule has 0 unspecified atom stereocenters. The smallest absolute Gasteiger partial charge is 0.351 e. The Morgan fingerprint density at radius 3 is 2.62 bits per heavy atom. The van der Waals surface area contributed by atoms with Gasteiger partial charge in [0.2, 0.25) is 5.95 Å². The summed E-state index contributed by atoms with van der Waals surface area (Å²) in [6, 6.07) is 0.106. The number of thiazole rings is 1. The highest BCUT2D eigenvalue weighted by Gasteiger charge is 2.36. The molecule has 0 aliphatic carbocycles. The summed E-state index contributed by atoms with van der Waals surface area (Å²) in [6.07, 6.45) is 8.14. The molecule has 0 spiro atoms. The SMILES string of the molecule is Cc1ncc(-c2nc(NC3CCN(SC4=C/CCCC/C=N\4)CC3)ncc2C(F)(F)F)s1. The third-order valence-corrected chi connectivity index (χ3v) is 7.29. The van der Waals surface area contributed by atoms with Gasteiger partial charge in [-0.3, -0.25) is 4.99 Å². The van der Waals surface area contributed by atoms with Gasteiger partial charge < -0.3 is 5.32 Å². The minimum Gasteiger partial charge on any atom is -0.351 e. The molecule has 0 aromatic carbocycles. The fourth-order valence-corrected chi connectivity index (χ4v) is 5.35. The molecule has 0 atom stereocenters. The topological polar surface area (TPSA) is 66.3 Å². The third-order valence-electron chi connectivity index (χ3n) is 5.28. The van der Waals surface area contributed by atoms with Crippen LogP contribution < -0.4 is 5.32 Å². The molecule has 0 amide bonds. The maximum atomic E-state index is 13.5. The number of anilines is 1. The number of aromatic nitrogens is 3. The fraction of sp³-hybridized carbons (Fsp3) is 0.524. The zero-order chi connectivity index (χ0) is 22.6. The van der Waals surface area contributed by atoms with Gasteiger partial charge in [-0.1, -0.05) is 6.08 Å². The first kappa shape index (κ1) is 23.2. The van der Waals surface area contributed by atoms with Gasteiger partial charge in [0, 0.05) is 37.7 Å². The Bertz CT molecular complexity index is 980. The number of alkyl halides is 3. The first-order chi connectivity index (χ1) is 15.4. The van der Waals surface area contributed by atoms with Crippen molar-refractivity contribution in [2.24, 2.45) is 4.99 Å². The molecule has 6 nitrogen and oxygen atoms in total. The Balaban J connectivity index is 1.40. The normalized spacial score (nSPS) is 21.4. The van der Waals surface area contributed by atoms with E-state index in [9.17, 15) is 13.2 Å². The molecule has 172 valence electrons. The van der Waals surface area contributed by atoms with Crippen molar-refractivity contribution in [3.05, 3.63) is 34.1 Å². The summed E-state index contributed by atoms with van der Waals surface area (Å²) in [5.41, 5.74) is -0.964. The molecule has 0 bridgehead atoms. The van der Waals surface area contributed by atoms with Crippen molar-refractivity contribution in [1.82, 2.24) is 19.3 Å². The summed E-state index contributed by atoms with van der Waals surface area (Å²) in [5, 5.41) is 4.97. The largest absolute Gasteiger partial charge is 0.420 e. The number of hydrogen-bond donors (Lipinski definition) is 1. The summed E-state index contributed by atoms with van der Waals surface area (Å²) >= 11 is 2.88. The van der Waals surface area contributed by atoms with Gasteiger partial charge in [0.05, 0.1) is 15.6 Å². The molecule has 2 aromatic rings. The van der Waals surface area contributed by atoms with Crippen LogP contribution in [0.5, 0.6) is 0 Å². The van der Waals surface area contributed by atoms with E-state index in [1.54, 1.807) is 18.9 Å². The van der Waals surface area contributed by atoms with E-state index in [0.717, 1.165) is 50.0 Å². The van der Waals surface area contributed by atoms with E-state index < -0.39 is 11.7 Å². The van der Waals surface area contributed by atoms with E-state index in [4.69, 9.17) is 0 Å². The molecule has 0 radical (unpaired) electrons. The van der Waals surface area contributed by atoms with E-state index in [2.05, 4.69) is 35.6 Å². The van der Waals surface area contributed by atoms with Crippen LogP contribution in [0.25, 0.3) is 10.6 Å². The minimum atomic E-state index is -4.53. The van der Waals surface area contributed by atoms with Crippen molar-refractivity contribution in [3.63, 3.8) is 0 Å². The number of piperidine rings is 1. The molecule has 4 rings (SSSR count). The molecular formula is C21H25F3N6S2. The molecule has 4 heterocycles. The van der Waals surface area contributed by atoms with Gasteiger partial charge in [-0.25, -0.2) is 19.3 Å². The predicted octanol–water partition coefficient (Wildman–Crippen LogP) is 5.94. The number of aliphatic imine (C=N–C) groups is 1. The average Bonchev–Trinajstić information content (AvgIpc) is 3.17. The first-order valence-electron chi connectivity index (χ1n) is 10.7. The van der Waals surface area contributed by atoms with Crippen LogP contribution in [0.1, 0.15) is 49.1 Å². The second-order valence-corrected chi connectivity index (χ2v) is 10.1. The third kappa shape index (κ3) is 6.08. The Morgan fingerprint density at radius 2 is 1.91 bits per heavy atom. The average molecular weight is 483 g/mol. The zero-order valence-corrected chi connectivity index (χ0v) is 19.4. The highest BCUT2D eigenvalue weighted by Crippen LogP contribution is 2.38. The maximum absolute atomic E-state index is 13.5. The van der Waals surface area contributed by atoms with Crippen molar-refractivity contribution < 1.29 is 13.2 Å². The van der Waals surface area contributed by atoms with Gasteiger partial charge in [-0.2, -0.15) is 13.2 Å². The highest BCUT2D eigenvalue weighted by atomic mass is 32.2. The number of aryl methyl sites for hydroxylation is 1. The number of halogens is 3. The number of hydrogen-bond acceptors (Lipinski definition) is 8. The predicted molar refractivity (Wildman–Crippen MR) is 124 cm³/mol. The molecule has 11 heteroatoms. The Labute approximate surface area is 193 Å². The monoisotopic (exact) mass is 482 g/mol. The highest BCUT2D eigenvalue weighted by molar-refractivity contribution is 8.00. The molecule has 1 saturated heterocycles. The summed E-state index contributed by atoms with van der Waals surface area (Å²) in [7, 11) is 0. The fourth-order valence-electron chi connectivity index (χ4n) is 3.60. The maximum Gasteiger partial charge on any atom is 0.420 e. The van der Waals surface area contributed by atoms with Crippen molar-refractivity contribution >= 4 is 35.4 Å². The van der Waals surface area contributed by atoms with Crippen molar-refractivity contribution in [1.29, 1.82) is 0 Å². The zero-order valence-electron chi connectivity index (χ0n) is 17.7. The lowest BCUT2D eigenvalue weighted by atomic mass is 10.1. The quantitative estimate of drug-likeness (QED) is 0.532. The summed E-state index contributed by atoms with van der Waals surface area (Å²) in [4.78, 5) is 17.2. The van der Waals surface area contributed by atoms with Gasteiger partial charge in [0.25, 0.3) is 0 Å². The van der Waals surface area contributed by atoms with E-state index in [0.29, 0.717) is 9.88 Å². The number of nitrogens with one attached hydrogen (secondary N) is 1. The number of rotatable bonds is 5. The van der Waals surface area contributed by atoms with Gasteiger partial charge >= 0.3 is 6.18 Å². The lowest BCUT2D eigenvalue weighted by Crippen LogP contribution is -2.36.